The van der Waals surface area contributed by atoms with Gasteiger partial charge in [0.1, 0.15) is 0 Å². The van der Waals surface area contributed by atoms with Gasteiger partial charge in [0.2, 0.25) is 5.91 Å². The highest BCUT2D eigenvalue weighted by molar-refractivity contribution is 6.12. The molecule has 0 radical (unpaired) electrons. The molecule has 3 rings (SSSR count). The van der Waals surface area contributed by atoms with E-state index in [-0.39, 0.29) is 16.8 Å². The summed E-state index contributed by atoms with van der Waals surface area (Å²) >= 11 is 0. The number of Topliss-reactive ketones (excluding diaryl/α,β-unsaturated/α-hetero) is 1. The molecule has 10 heteroatoms. The second kappa shape index (κ2) is 10.4. The highest BCUT2D eigenvalue weighted by atomic mass is 19.4. The number of amides is 2. The maximum atomic E-state index is 13.5. The third-order valence-electron chi connectivity index (χ3n) is 5.15. The molecule has 0 bridgehead atoms. The Labute approximate surface area is 204 Å². The van der Waals surface area contributed by atoms with Gasteiger partial charge in [-0.3, -0.25) is 19.9 Å². The molecule has 0 unspecified atom stereocenters. The van der Waals surface area contributed by atoms with Crippen molar-refractivity contribution in [1.82, 2.24) is 4.98 Å². The molecule has 3 aromatic rings. The number of rotatable bonds is 7. The Morgan fingerprint density at radius 3 is 2.19 bits per heavy atom. The van der Waals surface area contributed by atoms with Crippen molar-refractivity contribution in [2.24, 2.45) is 0 Å². The molecule has 2 aromatic carbocycles. The van der Waals surface area contributed by atoms with E-state index in [1.165, 1.54) is 6.07 Å². The summed E-state index contributed by atoms with van der Waals surface area (Å²) in [5.41, 5.74) is 1.17. The zero-order valence-electron chi connectivity index (χ0n) is 19.4. The fourth-order valence-electron chi connectivity index (χ4n) is 3.67. The van der Waals surface area contributed by atoms with E-state index in [2.05, 4.69) is 16.9 Å². The van der Waals surface area contributed by atoms with Crippen molar-refractivity contribution >= 4 is 35.2 Å². The smallest absolute Gasteiger partial charge is 0.417 e. The van der Waals surface area contributed by atoms with Gasteiger partial charge in [0.05, 0.1) is 23.4 Å². The number of benzene rings is 2. The van der Waals surface area contributed by atoms with Gasteiger partial charge in [-0.25, -0.2) is 4.79 Å². The number of ketones is 1. The third kappa shape index (κ3) is 6.35. The van der Waals surface area contributed by atoms with Crippen LogP contribution in [0.15, 0.2) is 55.1 Å². The molecule has 3 N–H and O–H groups in total. The summed E-state index contributed by atoms with van der Waals surface area (Å²) in [6, 6.07) is 11.8. The first-order chi connectivity index (χ1) is 16.9. The maximum Gasteiger partial charge on any atom is 0.417 e. The van der Waals surface area contributed by atoms with E-state index in [0.717, 1.165) is 34.7 Å². The lowest BCUT2D eigenvalue weighted by Gasteiger charge is -2.17. The number of carbonyl (C=O) groups is 3. The lowest BCUT2D eigenvalue weighted by Crippen LogP contribution is -2.20. The number of nitrogens with one attached hydrogen (secondary N) is 2. The van der Waals surface area contributed by atoms with Crippen molar-refractivity contribution in [3.8, 4) is 11.1 Å². The minimum atomic E-state index is -4.79. The van der Waals surface area contributed by atoms with Crippen molar-refractivity contribution in [1.29, 1.82) is 0 Å². The summed E-state index contributed by atoms with van der Waals surface area (Å²) in [6.07, 6.45) is -6.08. The van der Waals surface area contributed by atoms with Crippen molar-refractivity contribution in [3.05, 3.63) is 83.2 Å². The van der Waals surface area contributed by atoms with Crippen LogP contribution in [-0.2, 0) is 11.0 Å². The van der Waals surface area contributed by atoms with Crippen molar-refractivity contribution in [3.63, 3.8) is 0 Å². The van der Waals surface area contributed by atoms with E-state index in [0.29, 0.717) is 6.07 Å². The number of halogens is 3. The summed E-state index contributed by atoms with van der Waals surface area (Å²) in [6.45, 7) is 7.00. The molecule has 0 fully saturated rings. The lowest BCUT2D eigenvalue weighted by atomic mass is 9.99. The van der Waals surface area contributed by atoms with E-state index in [1.54, 1.807) is 18.2 Å². The van der Waals surface area contributed by atoms with Crippen LogP contribution in [0, 0.1) is 13.8 Å². The van der Waals surface area contributed by atoms with Crippen LogP contribution in [0.25, 0.3) is 17.2 Å². The standard InChI is InChI=1S/C26H22F3N3O4/c1-4-16-11-21(32-25(35)36)22(12-20(16)26(27,28)29)31-24(34)13-23(33)18-7-5-6-17(10-18)19-8-14(2)30-15(3)9-19/h4-12,32H,1,13H2,2-3H3,(H,31,34)(H,35,36). The van der Waals surface area contributed by atoms with Gasteiger partial charge in [0, 0.05) is 17.0 Å². The first kappa shape index (κ1) is 26.1. The van der Waals surface area contributed by atoms with Crippen LogP contribution in [0.1, 0.15) is 39.3 Å². The van der Waals surface area contributed by atoms with Gasteiger partial charge in [-0.2, -0.15) is 13.2 Å². The molecule has 186 valence electrons. The molecule has 0 saturated carbocycles. The zero-order chi connectivity index (χ0) is 26.6. The summed E-state index contributed by atoms with van der Waals surface area (Å²) in [7, 11) is 0. The fraction of sp³-hybridized carbons (Fsp3) is 0.154. The molecular weight excluding hydrogens is 475 g/mol. The van der Waals surface area contributed by atoms with Crippen molar-refractivity contribution in [2.75, 3.05) is 10.6 Å². The van der Waals surface area contributed by atoms with E-state index in [4.69, 9.17) is 5.11 Å². The molecule has 0 atom stereocenters. The largest absolute Gasteiger partial charge is 0.465 e. The van der Waals surface area contributed by atoms with Gasteiger partial charge < -0.3 is 10.4 Å². The Kier molecular flexibility index (Phi) is 7.57. The Balaban J connectivity index is 1.86. The van der Waals surface area contributed by atoms with Gasteiger partial charge in [0.25, 0.3) is 0 Å². The first-order valence-corrected chi connectivity index (χ1v) is 10.6. The summed E-state index contributed by atoms with van der Waals surface area (Å²) in [4.78, 5) is 40.8. The minimum absolute atomic E-state index is 0.233. The molecule has 1 aromatic heterocycles. The zero-order valence-corrected chi connectivity index (χ0v) is 19.4. The third-order valence-corrected chi connectivity index (χ3v) is 5.15. The van der Waals surface area contributed by atoms with Gasteiger partial charge >= 0.3 is 12.3 Å². The number of pyridine rings is 1. The number of carboxylic acid groups (broad SMARTS) is 1. The molecule has 0 aliphatic rings. The van der Waals surface area contributed by atoms with E-state index in [9.17, 15) is 27.6 Å². The van der Waals surface area contributed by atoms with Gasteiger partial charge in [-0.1, -0.05) is 30.9 Å². The molecule has 0 spiro atoms. The normalized spacial score (nSPS) is 11.0. The first-order valence-electron chi connectivity index (χ1n) is 10.6. The fourth-order valence-corrected chi connectivity index (χ4v) is 3.67. The van der Waals surface area contributed by atoms with Crippen LogP contribution < -0.4 is 10.6 Å². The van der Waals surface area contributed by atoms with E-state index >= 15 is 0 Å². The quantitative estimate of drug-likeness (QED) is 0.261. The molecule has 0 aliphatic heterocycles. The average molecular weight is 497 g/mol. The molecular formula is C26H22F3N3O4. The van der Waals surface area contributed by atoms with Crippen molar-refractivity contribution < 1.29 is 32.7 Å². The summed E-state index contributed by atoms with van der Waals surface area (Å²) in [5, 5.41) is 13.2. The van der Waals surface area contributed by atoms with Crippen LogP contribution in [0.5, 0.6) is 0 Å². The minimum Gasteiger partial charge on any atom is -0.465 e. The topological polar surface area (TPSA) is 108 Å². The van der Waals surface area contributed by atoms with Crippen LogP contribution in [0.2, 0.25) is 0 Å². The second-order valence-corrected chi connectivity index (χ2v) is 7.98. The highest BCUT2D eigenvalue weighted by Crippen LogP contribution is 2.38. The van der Waals surface area contributed by atoms with Crippen LogP contribution in [0.3, 0.4) is 0 Å². The molecule has 7 nitrogen and oxygen atoms in total. The number of alkyl halides is 3. The Morgan fingerprint density at radius 2 is 1.61 bits per heavy atom. The van der Waals surface area contributed by atoms with Gasteiger partial charge in [0.15, 0.2) is 5.78 Å². The second-order valence-electron chi connectivity index (χ2n) is 7.98. The SMILES string of the molecule is C=Cc1cc(NC(=O)O)c(NC(=O)CC(=O)c2cccc(-c3cc(C)nc(C)c3)c2)cc1C(F)(F)F. The van der Waals surface area contributed by atoms with Gasteiger partial charge in [-0.15, -0.1) is 0 Å². The number of anilines is 2. The van der Waals surface area contributed by atoms with Crippen molar-refractivity contribution in [2.45, 2.75) is 26.4 Å². The number of hydrogen-bond acceptors (Lipinski definition) is 4. The Morgan fingerprint density at radius 1 is 0.972 bits per heavy atom. The van der Waals surface area contributed by atoms with Gasteiger partial charge in [-0.05, 0) is 60.9 Å². The number of aryl methyl sites for hydroxylation is 2. The Bertz CT molecular complexity index is 1350. The molecule has 0 saturated heterocycles. The molecule has 2 amide bonds. The predicted octanol–water partition coefficient (Wildman–Crippen LogP) is 6.33. The Hall–Kier alpha value is -4.47. The van der Waals surface area contributed by atoms with Crippen LogP contribution in [-0.4, -0.2) is 27.9 Å². The number of aromatic nitrogens is 1. The summed E-state index contributed by atoms with van der Waals surface area (Å²) < 4.78 is 40.4. The molecule has 36 heavy (non-hydrogen) atoms. The van der Waals surface area contributed by atoms with Crippen LogP contribution in [0.4, 0.5) is 29.3 Å². The number of carbonyl (C=O) groups excluding carboxylic acids is 2. The highest BCUT2D eigenvalue weighted by Gasteiger charge is 2.34. The predicted molar refractivity (Wildman–Crippen MR) is 130 cm³/mol. The molecule has 1 heterocycles. The number of hydrogen-bond donors (Lipinski definition) is 3. The molecule has 0 aliphatic carbocycles. The maximum absolute atomic E-state index is 13.5. The van der Waals surface area contributed by atoms with E-state index < -0.39 is 41.6 Å². The van der Waals surface area contributed by atoms with Crippen LogP contribution >= 0.6 is 0 Å². The monoisotopic (exact) mass is 497 g/mol. The van der Waals surface area contributed by atoms with E-state index in [1.807, 2.05) is 31.3 Å². The number of nitrogens with zero attached hydrogens (tertiary/aromatic N) is 1. The average Bonchev–Trinajstić information content (AvgIpc) is 2.78. The summed E-state index contributed by atoms with van der Waals surface area (Å²) in [5.74, 6) is -1.47. The lowest BCUT2D eigenvalue weighted by molar-refractivity contribution is -0.137.